The topological polar surface area (TPSA) is 66.4 Å². The van der Waals surface area contributed by atoms with Gasteiger partial charge in [-0.3, -0.25) is 9.59 Å². The number of alkyl halides is 3. The predicted octanol–water partition coefficient (Wildman–Crippen LogP) is 1.85. The van der Waals surface area contributed by atoms with Crippen LogP contribution in [0.3, 0.4) is 0 Å². The van der Waals surface area contributed by atoms with Crippen LogP contribution in [0.25, 0.3) is 0 Å². The maximum Gasteiger partial charge on any atom is 0.401 e. The second-order valence-corrected chi connectivity index (χ2v) is 5.04. The van der Waals surface area contributed by atoms with E-state index in [0.717, 1.165) is 0 Å². The van der Waals surface area contributed by atoms with Crippen molar-refractivity contribution in [1.82, 2.24) is 5.32 Å². The van der Waals surface area contributed by atoms with Gasteiger partial charge in [-0.15, -0.1) is 0 Å². The van der Waals surface area contributed by atoms with Crippen LogP contribution in [-0.2, 0) is 9.59 Å². The Morgan fingerprint density at radius 2 is 1.79 bits per heavy atom. The van der Waals surface area contributed by atoms with Crippen molar-refractivity contribution in [2.45, 2.75) is 37.9 Å². The van der Waals surface area contributed by atoms with Gasteiger partial charge in [0.25, 0.3) is 0 Å². The van der Waals surface area contributed by atoms with Gasteiger partial charge in [0.2, 0.25) is 5.91 Å². The van der Waals surface area contributed by atoms with E-state index in [0.29, 0.717) is 25.7 Å². The van der Waals surface area contributed by atoms with Crippen LogP contribution >= 0.6 is 12.6 Å². The number of carboxylic acids is 1. The Labute approximate surface area is 114 Å². The first-order valence-electron chi connectivity index (χ1n) is 5.96. The number of aliphatic carboxylic acids is 1. The van der Waals surface area contributed by atoms with Gasteiger partial charge in [-0.2, -0.15) is 25.8 Å². The summed E-state index contributed by atoms with van der Waals surface area (Å²) in [4.78, 5) is 22.2. The average molecular weight is 299 g/mol. The molecule has 0 aromatic heterocycles. The van der Waals surface area contributed by atoms with Crippen LogP contribution in [0.5, 0.6) is 0 Å². The van der Waals surface area contributed by atoms with Gasteiger partial charge in [0, 0.05) is 11.8 Å². The molecule has 1 aliphatic rings. The zero-order valence-electron chi connectivity index (χ0n) is 10.1. The lowest BCUT2D eigenvalue weighted by Crippen LogP contribution is -2.46. The third-order valence-electron chi connectivity index (χ3n) is 3.32. The van der Waals surface area contributed by atoms with E-state index in [4.69, 9.17) is 5.11 Å². The standard InChI is InChI=1S/C11H16F3NO3S/c12-11(13,14)8(5-19)9(16)15-7-3-1-6(2-4-7)10(17)18/h6-8,19H,1-5H2,(H,15,16)(H,17,18). The fourth-order valence-corrected chi connectivity index (χ4v) is 2.49. The fraction of sp³-hybridized carbons (Fsp3) is 0.818. The second-order valence-electron chi connectivity index (χ2n) is 4.67. The van der Waals surface area contributed by atoms with E-state index < -0.39 is 35.6 Å². The summed E-state index contributed by atoms with van der Waals surface area (Å²) < 4.78 is 37.5. The lowest BCUT2D eigenvalue weighted by Gasteiger charge is -2.28. The van der Waals surface area contributed by atoms with Gasteiger partial charge in [0.1, 0.15) is 5.92 Å². The van der Waals surface area contributed by atoms with E-state index >= 15 is 0 Å². The molecule has 0 aromatic carbocycles. The molecule has 0 spiro atoms. The number of carbonyl (C=O) groups excluding carboxylic acids is 1. The smallest absolute Gasteiger partial charge is 0.401 e. The lowest BCUT2D eigenvalue weighted by molar-refractivity contribution is -0.178. The Kier molecular flexibility index (Phi) is 5.51. The highest BCUT2D eigenvalue weighted by Gasteiger charge is 2.44. The molecule has 0 aliphatic heterocycles. The summed E-state index contributed by atoms with van der Waals surface area (Å²) in [5, 5.41) is 11.1. The number of rotatable bonds is 4. The molecule has 0 aromatic rings. The van der Waals surface area contributed by atoms with Crippen LogP contribution in [0.15, 0.2) is 0 Å². The molecule has 19 heavy (non-hydrogen) atoms. The van der Waals surface area contributed by atoms with Crippen LogP contribution in [0, 0.1) is 11.8 Å². The maximum atomic E-state index is 12.5. The molecular formula is C11H16F3NO3S. The van der Waals surface area contributed by atoms with Gasteiger partial charge in [0.15, 0.2) is 0 Å². The first-order chi connectivity index (χ1) is 8.75. The lowest BCUT2D eigenvalue weighted by atomic mass is 9.86. The van der Waals surface area contributed by atoms with Crippen LogP contribution in [0.1, 0.15) is 25.7 Å². The monoisotopic (exact) mass is 299 g/mol. The molecular weight excluding hydrogens is 283 g/mol. The third-order valence-corrected chi connectivity index (χ3v) is 3.68. The second kappa shape index (κ2) is 6.49. The summed E-state index contributed by atoms with van der Waals surface area (Å²) in [5.41, 5.74) is 0. The van der Waals surface area contributed by atoms with Gasteiger partial charge >= 0.3 is 12.1 Å². The predicted molar refractivity (Wildman–Crippen MR) is 64.9 cm³/mol. The number of thiol groups is 1. The first-order valence-corrected chi connectivity index (χ1v) is 6.59. The van der Waals surface area contributed by atoms with E-state index in [2.05, 4.69) is 17.9 Å². The minimum Gasteiger partial charge on any atom is -0.481 e. The molecule has 0 saturated heterocycles. The van der Waals surface area contributed by atoms with Gasteiger partial charge in [-0.1, -0.05) is 0 Å². The molecule has 1 aliphatic carbocycles. The zero-order chi connectivity index (χ0) is 14.6. The average Bonchev–Trinajstić information content (AvgIpc) is 2.28. The zero-order valence-corrected chi connectivity index (χ0v) is 11.0. The molecule has 1 rings (SSSR count). The number of halogens is 3. The summed E-state index contributed by atoms with van der Waals surface area (Å²) in [7, 11) is 0. The molecule has 1 amide bonds. The maximum absolute atomic E-state index is 12.5. The molecule has 110 valence electrons. The van der Waals surface area contributed by atoms with E-state index in [9.17, 15) is 22.8 Å². The Morgan fingerprint density at radius 1 is 1.26 bits per heavy atom. The normalized spacial score (nSPS) is 25.7. The van der Waals surface area contributed by atoms with Crippen molar-refractivity contribution in [3.05, 3.63) is 0 Å². The van der Waals surface area contributed by atoms with Crippen molar-refractivity contribution >= 4 is 24.5 Å². The highest BCUT2D eigenvalue weighted by atomic mass is 32.1. The van der Waals surface area contributed by atoms with E-state index in [1.165, 1.54) is 0 Å². The highest BCUT2D eigenvalue weighted by molar-refractivity contribution is 7.80. The minimum atomic E-state index is -4.61. The van der Waals surface area contributed by atoms with Crippen molar-refractivity contribution in [1.29, 1.82) is 0 Å². The van der Waals surface area contributed by atoms with E-state index in [1.54, 1.807) is 0 Å². The Balaban J connectivity index is 2.48. The van der Waals surface area contributed by atoms with E-state index in [-0.39, 0.29) is 6.04 Å². The van der Waals surface area contributed by atoms with Crippen LogP contribution in [0.2, 0.25) is 0 Å². The van der Waals surface area contributed by atoms with Crippen molar-refractivity contribution < 1.29 is 27.9 Å². The molecule has 0 bridgehead atoms. The molecule has 0 heterocycles. The fourth-order valence-electron chi connectivity index (χ4n) is 2.12. The van der Waals surface area contributed by atoms with Gasteiger partial charge in [-0.25, -0.2) is 0 Å². The minimum absolute atomic E-state index is 0.373. The Morgan fingerprint density at radius 3 is 2.16 bits per heavy atom. The number of nitrogens with one attached hydrogen (secondary N) is 1. The summed E-state index contributed by atoms with van der Waals surface area (Å²) in [6, 6.07) is -0.382. The first kappa shape index (κ1) is 16.1. The Bertz CT molecular complexity index is 341. The molecule has 8 heteroatoms. The van der Waals surface area contributed by atoms with Crippen LogP contribution < -0.4 is 5.32 Å². The number of amides is 1. The van der Waals surface area contributed by atoms with Crippen molar-refractivity contribution in [3.63, 3.8) is 0 Å². The molecule has 1 fully saturated rings. The largest absolute Gasteiger partial charge is 0.481 e. The summed E-state index contributed by atoms with van der Waals surface area (Å²) in [6.45, 7) is 0. The summed E-state index contributed by atoms with van der Waals surface area (Å²) in [6.07, 6.45) is -3.08. The number of carboxylic acid groups (broad SMARTS) is 1. The summed E-state index contributed by atoms with van der Waals surface area (Å²) >= 11 is 3.55. The number of carbonyl (C=O) groups is 2. The van der Waals surface area contributed by atoms with E-state index in [1.807, 2.05) is 0 Å². The molecule has 0 radical (unpaired) electrons. The molecule has 1 saturated carbocycles. The van der Waals surface area contributed by atoms with Gasteiger partial charge < -0.3 is 10.4 Å². The SMILES string of the molecule is O=C(O)C1CCC(NC(=O)C(CS)C(F)(F)F)CC1. The van der Waals surface area contributed by atoms with Crippen molar-refractivity contribution in [3.8, 4) is 0 Å². The molecule has 2 N–H and O–H groups in total. The molecule has 4 nitrogen and oxygen atoms in total. The quantitative estimate of drug-likeness (QED) is 0.694. The van der Waals surface area contributed by atoms with Crippen LogP contribution in [-0.4, -0.2) is 35.0 Å². The van der Waals surface area contributed by atoms with Gasteiger partial charge in [-0.05, 0) is 25.7 Å². The number of hydrogen-bond acceptors (Lipinski definition) is 3. The summed E-state index contributed by atoms with van der Waals surface area (Å²) in [5.74, 6) is -5.15. The molecule has 1 atom stereocenters. The number of hydrogen-bond donors (Lipinski definition) is 3. The Hall–Kier alpha value is -0.920. The molecule has 1 unspecified atom stereocenters. The van der Waals surface area contributed by atoms with Crippen LogP contribution in [0.4, 0.5) is 13.2 Å². The third kappa shape index (κ3) is 4.59. The van der Waals surface area contributed by atoms with Gasteiger partial charge in [0.05, 0.1) is 5.92 Å². The van der Waals surface area contributed by atoms with Crippen molar-refractivity contribution in [2.24, 2.45) is 11.8 Å². The highest BCUT2D eigenvalue weighted by Crippen LogP contribution is 2.29. The van der Waals surface area contributed by atoms with Crippen molar-refractivity contribution in [2.75, 3.05) is 5.75 Å².